The van der Waals surface area contributed by atoms with Crippen LogP contribution in [-0.2, 0) is 0 Å². The van der Waals surface area contributed by atoms with Gasteiger partial charge in [0.1, 0.15) is 0 Å². The summed E-state index contributed by atoms with van der Waals surface area (Å²) in [5.41, 5.74) is 5.59. The fourth-order valence-electron chi connectivity index (χ4n) is 2.70. The maximum Gasteiger partial charge on any atom is 0.0351 e. The zero-order valence-electron chi connectivity index (χ0n) is 12.5. The standard InChI is InChI=1S/C16H26BrN/c1-7-10(3)16(18-8-2)14-11(4)9-12(5)15(17)13(14)6/h9-10,16,18H,7-8H2,1-6H3. The van der Waals surface area contributed by atoms with Crippen molar-refractivity contribution in [2.24, 2.45) is 5.92 Å². The number of halogens is 1. The van der Waals surface area contributed by atoms with E-state index in [-0.39, 0.29) is 0 Å². The van der Waals surface area contributed by atoms with E-state index in [1.807, 2.05) is 0 Å². The third-order valence-corrected chi connectivity index (χ3v) is 5.11. The summed E-state index contributed by atoms with van der Waals surface area (Å²) in [7, 11) is 0. The van der Waals surface area contributed by atoms with E-state index in [2.05, 4.69) is 68.9 Å². The van der Waals surface area contributed by atoms with E-state index >= 15 is 0 Å². The van der Waals surface area contributed by atoms with Crippen molar-refractivity contribution >= 4 is 15.9 Å². The molecule has 0 aliphatic carbocycles. The van der Waals surface area contributed by atoms with Gasteiger partial charge in [0.2, 0.25) is 0 Å². The van der Waals surface area contributed by atoms with Crippen LogP contribution >= 0.6 is 15.9 Å². The summed E-state index contributed by atoms with van der Waals surface area (Å²) >= 11 is 3.73. The third-order valence-electron chi connectivity index (χ3n) is 3.89. The average Bonchev–Trinajstić information content (AvgIpc) is 2.34. The fourth-order valence-corrected chi connectivity index (χ4v) is 3.03. The van der Waals surface area contributed by atoms with Crippen LogP contribution in [0.5, 0.6) is 0 Å². The number of benzene rings is 1. The predicted molar refractivity (Wildman–Crippen MR) is 84.2 cm³/mol. The molecule has 0 saturated carbocycles. The molecule has 0 aliphatic rings. The fraction of sp³-hybridized carbons (Fsp3) is 0.625. The van der Waals surface area contributed by atoms with Crippen molar-refractivity contribution in [2.75, 3.05) is 6.54 Å². The third kappa shape index (κ3) is 3.16. The summed E-state index contributed by atoms with van der Waals surface area (Å²) in [6, 6.07) is 2.75. The van der Waals surface area contributed by atoms with Crippen LogP contribution in [0, 0.1) is 26.7 Å². The highest BCUT2D eigenvalue weighted by atomic mass is 79.9. The van der Waals surface area contributed by atoms with E-state index in [1.165, 1.54) is 33.1 Å². The quantitative estimate of drug-likeness (QED) is 0.800. The molecular weight excluding hydrogens is 286 g/mol. The molecule has 102 valence electrons. The van der Waals surface area contributed by atoms with Crippen LogP contribution in [0.3, 0.4) is 0 Å². The van der Waals surface area contributed by atoms with E-state index in [0.717, 1.165) is 6.54 Å². The average molecular weight is 312 g/mol. The largest absolute Gasteiger partial charge is 0.310 e. The highest BCUT2D eigenvalue weighted by molar-refractivity contribution is 9.10. The highest BCUT2D eigenvalue weighted by Crippen LogP contribution is 2.34. The minimum absolute atomic E-state index is 0.455. The van der Waals surface area contributed by atoms with Crippen LogP contribution in [-0.4, -0.2) is 6.54 Å². The molecule has 2 heteroatoms. The summed E-state index contributed by atoms with van der Waals surface area (Å²) in [6.45, 7) is 14.4. The van der Waals surface area contributed by atoms with Crippen molar-refractivity contribution < 1.29 is 0 Å². The zero-order chi connectivity index (χ0) is 13.9. The molecule has 0 amide bonds. The van der Waals surface area contributed by atoms with Crippen LogP contribution in [0.25, 0.3) is 0 Å². The molecule has 1 N–H and O–H groups in total. The van der Waals surface area contributed by atoms with Crippen molar-refractivity contribution in [3.05, 3.63) is 32.8 Å². The van der Waals surface area contributed by atoms with Crippen LogP contribution in [0.4, 0.5) is 0 Å². The number of hydrogen-bond donors (Lipinski definition) is 1. The SMILES string of the molecule is CCNC(c1c(C)cc(C)c(Br)c1C)C(C)CC. The normalized spacial score (nSPS) is 14.6. The first-order valence-corrected chi connectivity index (χ1v) is 7.72. The number of nitrogens with one attached hydrogen (secondary N) is 1. The van der Waals surface area contributed by atoms with E-state index in [1.54, 1.807) is 0 Å². The Bertz CT molecular complexity index is 412. The number of rotatable bonds is 5. The molecule has 0 saturated heterocycles. The van der Waals surface area contributed by atoms with E-state index in [0.29, 0.717) is 12.0 Å². The maximum absolute atomic E-state index is 3.73. The molecule has 0 radical (unpaired) electrons. The molecule has 2 unspecified atom stereocenters. The summed E-state index contributed by atoms with van der Waals surface area (Å²) in [5.74, 6) is 0.650. The lowest BCUT2D eigenvalue weighted by Gasteiger charge is -2.28. The van der Waals surface area contributed by atoms with Crippen molar-refractivity contribution in [3.63, 3.8) is 0 Å². The van der Waals surface area contributed by atoms with Gasteiger partial charge in [-0.1, -0.05) is 49.2 Å². The van der Waals surface area contributed by atoms with Gasteiger partial charge in [-0.3, -0.25) is 0 Å². The molecule has 1 aromatic rings. The molecule has 0 aromatic heterocycles. The lowest BCUT2D eigenvalue weighted by atomic mass is 9.86. The topological polar surface area (TPSA) is 12.0 Å². The molecule has 0 aliphatic heterocycles. The van der Waals surface area contributed by atoms with Crippen molar-refractivity contribution in [1.29, 1.82) is 0 Å². The van der Waals surface area contributed by atoms with Gasteiger partial charge in [-0.15, -0.1) is 0 Å². The Labute approximate surface area is 120 Å². The second-order valence-electron chi connectivity index (χ2n) is 5.28. The Kier molecular flexibility index (Phi) is 5.87. The number of aryl methyl sites for hydroxylation is 2. The second kappa shape index (κ2) is 6.72. The predicted octanol–water partition coefficient (Wildman–Crippen LogP) is 5.07. The van der Waals surface area contributed by atoms with Crippen LogP contribution < -0.4 is 5.32 Å². The lowest BCUT2D eigenvalue weighted by Crippen LogP contribution is -2.28. The van der Waals surface area contributed by atoms with Gasteiger partial charge in [0.15, 0.2) is 0 Å². The van der Waals surface area contributed by atoms with Gasteiger partial charge >= 0.3 is 0 Å². The molecule has 0 heterocycles. The van der Waals surface area contributed by atoms with Gasteiger partial charge in [0.05, 0.1) is 0 Å². The van der Waals surface area contributed by atoms with Crippen LogP contribution in [0.15, 0.2) is 10.5 Å². The lowest BCUT2D eigenvalue weighted by molar-refractivity contribution is 0.381. The van der Waals surface area contributed by atoms with E-state index < -0.39 is 0 Å². The monoisotopic (exact) mass is 311 g/mol. The van der Waals surface area contributed by atoms with Crippen LogP contribution in [0.2, 0.25) is 0 Å². The maximum atomic E-state index is 3.73. The van der Waals surface area contributed by atoms with Gasteiger partial charge in [0.25, 0.3) is 0 Å². The summed E-state index contributed by atoms with van der Waals surface area (Å²) in [5, 5.41) is 3.66. The van der Waals surface area contributed by atoms with Gasteiger partial charge in [-0.2, -0.15) is 0 Å². The Morgan fingerprint density at radius 1 is 1.17 bits per heavy atom. The molecule has 0 bridgehead atoms. The van der Waals surface area contributed by atoms with Crippen molar-refractivity contribution in [3.8, 4) is 0 Å². The molecule has 0 fully saturated rings. The van der Waals surface area contributed by atoms with Crippen LogP contribution in [0.1, 0.15) is 55.5 Å². The minimum atomic E-state index is 0.455. The first-order valence-electron chi connectivity index (χ1n) is 6.93. The molecule has 0 spiro atoms. The van der Waals surface area contributed by atoms with Gasteiger partial charge in [-0.05, 0) is 55.5 Å². The summed E-state index contributed by atoms with van der Waals surface area (Å²) < 4.78 is 1.26. The first kappa shape index (κ1) is 15.7. The molecule has 1 rings (SSSR count). The summed E-state index contributed by atoms with van der Waals surface area (Å²) in [6.07, 6.45) is 1.20. The molecule has 1 aromatic carbocycles. The van der Waals surface area contributed by atoms with E-state index in [9.17, 15) is 0 Å². The van der Waals surface area contributed by atoms with Gasteiger partial charge in [-0.25, -0.2) is 0 Å². The van der Waals surface area contributed by atoms with Gasteiger partial charge < -0.3 is 5.32 Å². The highest BCUT2D eigenvalue weighted by Gasteiger charge is 2.22. The first-order chi connectivity index (χ1) is 8.43. The molecule has 2 atom stereocenters. The Morgan fingerprint density at radius 3 is 2.28 bits per heavy atom. The second-order valence-corrected chi connectivity index (χ2v) is 6.08. The minimum Gasteiger partial charge on any atom is -0.310 e. The Morgan fingerprint density at radius 2 is 1.78 bits per heavy atom. The van der Waals surface area contributed by atoms with Crippen molar-refractivity contribution in [2.45, 2.75) is 54.0 Å². The molecular formula is C16H26BrN. The number of hydrogen-bond acceptors (Lipinski definition) is 1. The smallest absolute Gasteiger partial charge is 0.0351 e. The van der Waals surface area contributed by atoms with Gasteiger partial charge in [0, 0.05) is 10.5 Å². The zero-order valence-corrected chi connectivity index (χ0v) is 14.1. The summed E-state index contributed by atoms with van der Waals surface area (Å²) in [4.78, 5) is 0. The molecule has 18 heavy (non-hydrogen) atoms. The Hall–Kier alpha value is -0.340. The van der Waals surface area contributed by atoms with E-state index in [4.69, 9.17) is 0 Å². The van der Waals surface area contributed by atoms with Crippen molar-refractivity contribution in [1.82, 2.24) is 5.32 Å². The Balaban J connectivity index is 3.31. The molecule has 1 nitrogen and oxygen atoms in total.